The number of nitrogens with zero attached hydrogens (tertiary/aromatic N) is 3. The molecule has 0 unspecified atom stereocenters. The summed E-state index contributed by atoms with van der Waals surface area (Å²) >= 11 is 0. The van der Waals surface area contributed by atoms with Gasteiger partial charge in [0.15, 0.2) is 0 Å². The first kappa shape index (κ1) is 24.5. The highest BCUT2D eigenvalue weighted by atomic mass is 32.2. The molecule has 37 heavy (non-hydrogen) atoms. The van der Waals surface area contributed by atoms with E-state index in [2.05, 4.69) is 0 Å². The maximum Gasteiger partial charge on any atom is 0.267 e. The van der Waals surface area contributed by atoms with E-state index in [1.54, 1.807) is 43.6 Å². The summed E-state index contributed by atoms with van der Waals surface area (Å²) < 4.78 is 35.7. The lowest BCUT2D eigenvalue weighted by molar-refractivity contribution is 0.414. The van der Waals surface area contributed by atoms with E-state index in [-0.39, 0.29) is 32.9 Å². The van der Waals surface area contributed by atoms with Crippen LogP contribution in [0.4, 0.5) is 0 Å². The van der Waals surface area contributed by atoms with Gasteiger partial charge in [-0.15, -0.1) is 0 Å². The number of benzene rings is 2. The van der Waals surface area contributed by atoms with Crippen LogP contribution in [-0.4, -0.2) is 29.5 Å². The zero-order valence-corrected chi connectivity index (χ0v) is 21.8. The molecule has 0 aliphatic rings. The molecule has 0 bridgehead atoms. The Balaban J connectivity index is 1.85. The number of nitrogens with one attached hydrogen (secondary N) is 1. The Morgan fingerprint density at radius 2 is 1.65 bits per heavy atom. The maximum atomic E-state index is 13.8. The molecule has 8 nitrogen and oxygen atoms in total. The quantitative estimate of drug-likeness (QED) is 0.358. The van der Waals surface area contributed by atoms with Crippen LogP contribution in [0.3, 0.4) is 0 Å². The van der Waals surface area contributed by atoms with Gasteiger partial charge in [-0.05, 0) is 79.4 Å². The molecule has 0 spiro atoms. The van der Waals surface area contributed by atoms with E-state index in [1.165, 1.54) is 21.1 Å². The fourth-order valence-electron chi connectivity index (χ4n) is 4.35. The molecule has 2 aromatic carbocycles. The normalized spacial score (nSPS) is 11.8. The minimum Gasteiger partial charge on any atom is -0.497 e. The third-order valence-corrected chi connectivity index (χ3v) is 8.44. The van der Waals surface area contributed by atoms with Crippen molar-refractivity contribution in [3.8, 4) is 5.75 Å². The van der Waals surface area contributed by atoms with Crippen molar-refractivity contribution in [1.29, 1.82) is 5.41 Å². The molecule has 0 aliphatic carbocycles. The summed E-state index contributed by atoms with van der Waals surface area (Å²) in [6.45, 7) is 5.73. The minimum atomic E-state index is -4.11. The second-order valence-electron chi connectivity index (χ2n) is 9.08. The number of rotatable bonds is 5. The van der Waals surface area contributed by atoms with Crippen molar-refractivity contribution in [3.05, 3.63) is 105 Å². The first-order valence-electron chi connectivity index (χ1n) is 11.7. The highest BCUT2D eigenvalue weighted by Gasteiger charge is 2.25. The monoisotopic (exact) mass is 514 g/mol. The van der Waals surface area contributed by atoms with Crippen molar-refractivity contribution in [2.45, 2.75) is 37.1 Å². The molecule has 5 rings (SSSR count). The first-order chi connectivity index (χ1) is 17.6. The summed E-state index contributed by atoms with van der Waals surface area (Å²) in [5, 5.41) is 9.12. The SMILES string of the molecule is COc1ccc(Cn2c(=N)c(S(=O)(=O)c3ccc(C)c(C)c3)cc3c(=O)n4cccc(C)c4nc32)cc1. The number of pyridine rings is 2. The van der Waals surface area contributed by atoms with Gasteiger partial charge in [0.25, 0.3) is 5.56 Å². The van der Waals surface area contributed by atoms with Crippen LogP contribution in [0.15, 0.2) is 81.4 Å². The number of ether oxygens (including phenoxy) is 1. The third kappa shape index (κ3) is 4.11. The van der Waals surface area contributed by atoms with Crippen LogP contribution in [0.2, 0.25) is 0 Å². The molecule has 1 N–H and O–H groups in total. The van der Waals surface area contributed by atoms with Crippen LogP contribution >= 0.6 is 0 Å². The first-order valence-corrected chi connectivity index (χ1v) is 13.2. The van der Waals surface area contributed by atoms with E-state index in [0.29, 0.717) is 11.4 Å². The molecule has 188 valence electrons. The van der Waals surface area contributed by atoms with Crippen LogP contribution in [0, 0.1) is 26.2 Å². The van der Waals surface area contributed by atoms with Crippen molar-refractivity contribution in [2.75, 3.05) is 7.11 Å². The van der Waals surface area contributed by atoms with E-state index < -0.39 is 15.4 Å². The van der Waals surface area contributed by atoms with E-state index >= 15 is 0 Å². The topological polar surface area (TPSA) is 107 Å². The zero-order valence-electron chi connectivity index (χ0n) is 20.9. The average molecular weight is 515 g/mol. The molecular formula is C28H26N4O4S. The van der Waals surface area contributed by atoms with Gasteiger partial charge < -0.3 is 9.30 Å². The minimum absolute atomic E-state index is 0.0733. The van der Waals surface area contributed by atoms with Gasteiger partial charge in [-0.3, -0.25) is 14.6 Å². The number of aromatic nitrogens is 3. The molecule has 3 heterocycles. The second kappa shape index (κ2) is 9.01. The summed E-state index contributed by atoms with van der Waals surface area (Å²) in [5.74, 6) is 0.675. The maximum absolute atomic E-state index is 13.8. The third-order valence-electron chi connectivity index (χ3n) is 6.68. The van der Waals surface area contributed by atoms with E-state index in [4.69, 9.17) is 15.1 Å². The number of hydrogen-bond acceptors (Lipinski definition) is 6. The zero-order chi connectivity index (χ0) is 26.5. The molecule has 3 aromatic heterocycles. The Kier molecular flexibility index (Phi) is 5.95. The van der Waals surface area contributed by atoms with Gasteiger partial charge in [0, 0.05) is 6.20 Å². The largest absolute Gasteiger partial charge is 0.497 e. The molecule has 0 saturated carbocycles. The van der Waals surface area contributed by atoms with Gasteiger partial charge in [-0.1, -0.05) is 24.3 Å². The number of hydrogen-bond donors (Lipinski definition) is 1. The molecule has 0 atom stereocenters. The van der Waals surface area contributed by atoms with Gasteiger partial charge in [0.1, 0.15) is 27.4 Å². The summed E-state index contributed by atoms with van der Waals surface area (Å²) in [6.07, 6.45) is 1.61. The number of fused-ring (bicyclic) bond motifs is 2. The molecule has 0 fully saturated rings. The summed E-state index contributed by atoms with van der Waals surface area (Å²) in [6, 6.07) is 17.0. The van der Waals surface area contributed by atoms with E-state index in [1.807, 2.05) is 39.0 Å². The second-order valence-corrected chi connectivity index (χ2v) is 11.0. The number of aryl methyl sites for hydroxylation is 3. The molecule has 0 radical (unpaired) electrons. The lowest BCUT2D eigenvalue weighted by atomic mass is 10.1. The van der Waals surface area contributed by atoms with Crippen molar-refractivity contribution < 1.29 is 13.2 Å². The van der Waals surface area contributed by atoms with Gasteiger partial charge in [0.2, 0.25) is 9.84 Å². The Morgan fingerprint density at radius 3 is 2.32 bits per heavy atom. The van der Waals surface area contributed by atoms with Crippen molar-refractivity contribution in [3.63, 3.8) is 0 Å². The van der Waals surface area contributed by atoms with Crippen LogP contribution in [0.1, 0.15) is 22.3 Å². The summed E-state index contributed by atoms with van der Waals surface area (Å²) in [5.41, 5.74) is 3.43. The highest BCUT2D eigenvalue weighted by Crippen LogP contribution is 2.24. The van der Waals surface area contributed by atoms with Gasteiger partial charge in [0.05, 0.1) is 23.9 Å². The molecular weight excluding hydrogens is 488 g/mol. The Morgan fingerprint density at radius 1 is 0.919 bits per heavy atom. The molecule has 0 saturated heterocycles. The fraction of sp³-hybridized carbons (Fsp3) is 0.179. The van der Waals surface area contributed by atoms with E-state index in [0.717, 1.165) is 22.3 Å². The van der Waals surface area contributed by atoms with Gasteiger partial charge >= 0.3 is 0 Å². The average Bonchev–Trinajstić information content (AvgIpc) is 2.88. The smallest absolute Gasteiger partial charge is 0.267 e. The van der Waals surface area contributed by atoms with Crippen LogP contribution < -0.4 is 15.8 Å². The lowest BCUT2D eigenvalue weighted by Crippen LogP contribution is -2.30. The van der Waals surface area contributed by atoms with Crippen LogP contribution in [0.25, 0.3) is 16.7 Å². The van der Waals surface area contributed by atoms with Gasteiger partial charge in [-0.25, -0.2) is 13.4 Å². The van der Waals surface area contributed by atoms with Crippen molar-refractivity contribution >= 4 is 26.5 Å². The number of sulfone groups is 1. The van der Waals surface area contributed by atoms with Crippen LogP contribution in [-0.2, 0) is 16.4 Å². The number of methoxy groups -OCH3 is 1. The highest BCUT2D eigenvalue weighted by molar-refractivity contribution is 7.91. The Labute approximate surface area is 213 Å². The Hall–Kier alpha value is -4.24. The van der Waals surface area contributed by atoms with E-state index in [9.17, 15) is 13.2 Å². The summed E-state index contributed by atoms with van der Waals surface area (Å²) in [4.78, 5) is 18.2. The summed E-state index contributed by atoms with van der Waals surface area (Å²) in [7, 11) is -2.53. The lowest BCUT2D eigenvalue weighted by Gasteiger charge is -2.16. The fourth-order valence-corrected chi connectivity index (χ4v) is 5.82. The molecule has 9 heteroatoms. The predicted octanol–water partition coefficient (Wildman–Crippen LogP) is 3.94. The molecule has 0 aliphatic heterocycles. The standard InChI is InChI=1S/C28H26N4O4S/c1-17-7-12-22(14-19(17)3)37(34,35)24-15-23-27(30-26-18(2)6-5-13-31(26)28(23)33)32(25(24)29)16-20-8-10-21(36-4)11-9-20/h5-15,29H,16H2,1-4H3. The van der Waals surface area contributed by atoms with Crippen molar-refractivity contribution in [1.82, 2.24) is 14.0 Å². The van der Waals surface area contributed by atoms with Crippen molar-refractivity contribution in [2.24, 2.45) is 0 Å². The predicted molar refractivity (Wildman–Crippen MR) is 141 cm³/mol. The van der Waals surface area contributed by atoms with Gasteiger partial charge in [-0.2, -0.15) is 0 Å². The molecule has 5 aromatic rings. The molecule has 0 amide bonds. The Bertz CT molecular complexity index is 1920. The van der Waals surface area contributed by atoms with Crippen LogP contribution in [0.5, 0.6) is 5.75 Å².